The van der Waals surface area contributed by atoms with Gasteiger partial charge in [-0.15, -0.1) is 0 Å². The second-order valence-corrected chi connectivity index (χ2v) is 10.6. The molecule has 0 spiro atoms. The highest BCUT2D eigenvalue weighted by molar-refractivity contribution is 7.92. The molecule has 9 heteroatoms. The number of hydrogen-bond donors (Lipinski definition) is 1. The van der Waals surface area contributed by atoms with Gasteiger partial charge in [0.15, 0.2) is 0 Å². The van der Waals surface area contributed by atoms with Gasteiger partial charge in [-0.05, 0) is 62.1 Å². The Morgan fingerprint density at radius 1 is 0.824 bits per heavy atom. The molecule has 8 nitrogen and oxygen atoms in total. The van der Waals surface area contributed by atoms with Gasteiger partial charge >= 0.3 is 0 Å². The number of carbonyl (C=O) groups is 2. The van der Waals surface area contributed by atoms with Crippen molar-refractivity contribution in [3.8, 4) is 0 Å². The first-order valence-electron chi connectivity index (χ1n) is 11.8. The van der Waals surface area contributed by atoms with E-state index >= 15 is 0 Å². The highest BCUT2D eigenvalue weighted by Crippen LogP contribution is 2.20. The maximum Gasteiger partial charge on any atom is 0.261 e. The summed E-state index contributed by atoms with van der Waals surface area (Å²) in [5.41, 5.74) is 1.81. The van der Waals surface area contributed by atoms with Crippen LogP contribution in [0, 0.1) is 6.92 Å². The zero-order chi connectivity index (χ0) is 24.1. The maximum absolute atomic E-state index is 13.1. The number of anilines is 1. The van der Waals surface area contributed by atoms with Crippen molar-refractivity contribution in [1.82, 2.24) is 14.7 Å². The van der Waals surface area contributed by atoms with Gasteiger partial charge in [-0.3, -0.25) is 19.2 Å². The van der Waals surface area contributed by atoms with Gasteiger partial charge in [-0.2, -0.15) is 0 Å². The molecule has 2 saturated heterocycles. The van der Waals surface area contributed by atoms with Crippen molar-refractivity contribution in [3.63, 3.8) is 0 Å². The average molecular weight is 485 g/mol. The standard InChI is InChI=1S/C25H32N4O4S/c1-20-7-2-3-8-23(20)26-34(32,33)22-11-9-21(10-12-22)25(31)29-16-6-13-27(17-18-29)19-24(30)28-14-4-5-15-28/h2-3,7-12,26H,4-6,13-19H2,1H3. The van der Waals surface area contributed by atoms with Crippen LogP contribution in [0.5, 0.6) is 0 Å². The summed E-state index contributed by atoms with van der Waals surface area (Å²) < 4.78 is 28.1. The molecule has 182 valence electrons. The maximum atomic E-state index is 13.1. The SMILES string of the molecule is Cc1ccccc1NS(=O)(=O)c1ccc(C(=O)N2CCCN(CC(=O)N3CCCC3)CC2)cc1. The summed E-state index contributed by atoms with van der Waals surface area (Å²) in [4.78, 5) is 31.5. The van der Waals surface area contributed by atoms with Gasteiger partial charge < -0.3 is 9.80 Å². The molecule has 2 aliphatic rings. The number of amides is 2. The molecular weight excluding hydrogens is 452 g/mol. The molecule has 0 saturated carbocycles. The first-order chi connectivity index (χ1) is 16.3. The Morgan fingerprint density at radius 2 is 1.50 bits per heavy atom. The molecule has 2 aromatic carbocycles. The summed E-state index contributed by atoms with van der Waals surface area (Å²) in [6.45, 7) is 6.53. The van der Waals surface area contributed by atoms with Crippen LogP contribution in [0.4, 0.5) is 5.69 Å². The van der Waals surface area contributed by atoms with E-state index < -0.39 is 10.0 Å². The fraction of sp³-hybridized carbons (Fsp3) is 0.440. The molecule has 4 rings (SSSR count). The molecule has 2 aliphatic heterocycles. The Morgan fingerprint density at radius 3 is 2.21 bits per heavy atom. The predicted octanol–water partition coefficient (Wildman–Crippen LogP) is 2.57. The molecule has 0 atom stereocenters. The van der Waals surface area contributed by atoms with E-state index in [4.69, 9.17) is 0 Å². The molecule has 1 N–H and O–H groups in total. The number of likely N-dealkylation sites (tertiary alicyclic amines) is 1. The fourth-order valence-electron chi connectivity index (χ4n) is 4.44. The minimum Gasteiger partial charge on any atom is -0.342 e. The fourth-order valence-corrected chi connectivity index (χ4v) is 5.57. The predicted molar refractivity (Wildman–Crippen MR) is 131 cm³/mol. The van der Waals surface area contributed by atoms with E-state index in [1.807, 2.05) is 24.0 Å². The van der Waals surface area contributed by atoms with Crippen molar-refractivity contribution < 1.29 is 18.0 Å². The highest BCUT2D eigenvalue weighted by Gasteiger charge is 2.25. The van der Waals surface area contributed by atoms with E-state index in [0.29, 0.717) is 37.4 Å². The lowest BCUT2D eigenvalue weighted by molar-refractivity contribution is -0.131. The molecule has 0 unspecified atom stereocenters. The number of carbonyl (C=O) groups excluding carboxylic acids is 2. The molecule has 2 aromatic rings. The quantitative estimate of drug-likeness (QED) is 0.681. The minimum atomic E-state index is -3.75. The Labute approximate surface area is 201 Å². The first kappa shape index (κ1) is 24.2. The Balaban J connectivity index is 1.35. The largest absolute Gasteiger partial charge is 0.342 e. The minimum absolute atomic E-state index is 0.106. The van der Waals surface area contributed by atoms with Crippen molar-refractivity contribution in [2.24, 2.45) is 0 Å². The molecule has 0 aliphatic carbocycles. The van der Waals surface area contributed by atoms with Crippen molar-refractivity contribution in [2.75, 3.05) is 50.5 Å². The van der Waals surface area contributed by atoms with Crippen LogP contribution in [0.1, 0.15) is 35.2 Å². The summed E-state index contributed by atoms with van der Waals surface area (Å²) in [5, 5.41) is 0. The third-order valence-electron chi connectivity index (χ3n) is 6.49. The van der Waals surface area contributed by atoms with Gasteiger partial charge in [0.05, 0.1) is 17.1 Å². The van der Waals surface area contributed by atoms with Gasteiger partial charge in [0.1, 0.15) is 0 Å². The molecule has 0 aromatic heterocycles. The lowest BCUT2D eigenvalue weighted by atomic mass is 10.2. The van der Waals surface area contributed by atoms with Crippen LogP contribution in [0.2, 0.25) is 0 Å². The number of nitrogens with one attached hydrogen (secondary N) is 1. The van der Waals surface area contributed by atoms with E-state index in [1.54, 1.807) is 29.2 Å². The van der Waals surface area contributed by atoms with Crippen molar-refractivity contribution in [3.05, 3.63) is 59.7 Å². The topological polar surface area (TPSA) is 90.0 Å². The van der Waals surface area contributed by atoms with Crippen LogP contribution in [-0.2, 0) is 14.8 Å². The van der Waals surface area contributed by atoms with Gasteiger partial charge in [-0.25, -0.2) is 8.42 Å². The monoisotopic (exact) mass is 484 g/mol. The van der Waals surface area contributed by atoms with E-state index in [0.717, 1.165) is 44.5 Å². The molecule has 34 heavy (non-hydrogen) atoms. The number of rotatable bonds is 6. The van der Waals surface area contributed by atoms with E-state index in [2.05, 4.69) is 9.62 Å². The van der Waals surface area contributed by atoms with Crippen LogP contribution >= 0.6 is 0 Å². The van der Waals surface area contributed by atoms with Crippen molar-refractivity contribution in [1.29, 1.82) is 0 Å². The molecule has 2 heterocycles. The van der Waals surface area contributed by atoms with Gasteiger partial charge in [-0.1, -0.05) is 18.2 Å². The lowest BCUT2D eigenvalue weighted by Crippen LogP contribution is -2.41. The molecule has 0 radical (unpaired) electrons. The first-order valence-corrected chi connectivity index (χ1v) is 13.3. The number of sulfonamides is 1. The van der Waals surface area contributed by atoms with Gasteiger partial charge in [0.25, 0.3) is 15.9 Å². The summed E-state index contributed by atoms with van der Waals surface area (Å²) in [6.07, 6.45) is 2.96. The summed E-state index contributed by atoms with van der Waals surface area (Å²) >= 11 is 0. The average Bonchev–Trinajstić information content (AvgIpc) is 3.28. The van der Waals surface area contributed by atoms with Crippen LogP contribution in [0.15, 0.2) is 53.4 Å². The smallest absolute Gasteiger partial charge is 0.261 e. The normalized spacial score (nSPS) is 17.4. The summed E-state index contributed by atoms with van der Waals surface area (Å²) in [6, 6.07) is 13.2. The number of nitrogens with zero attached hydrogens (tertiary/aromatic N) is 3. The summed E-state index contributed by atoms with van der Waals surface area (Å²) in [5.74, 6) is 0.0527. The molecular formula is C25H32N4O4S. The highest BCUT2D eigenvalue weighted by atomic mass is 32.2. The zero-order valence-corrected chi connectivity index (χ0v) is 20.4. The second-order valence-electron chi connectivity index (χ2n) is 8.95. The van der Waals surface area contributed by atoms with Crippen LogP contribution in [-0.4, -0.2) is 80.7 Å². The van der Waals surface area contributed by atoms with Gasteiger partial charge in [0.2, 0.25) is 5.91 Å². The lowest BCUT2D eigenvalue weighted by Gasteiger charge is -2.24. The Kier molecular flexibility index (Phi) is 7.53. The third-order valence-corrected chi connectivity index (χ3v) is 7.88. The summed E-state index contributed by atoms with van der Waals surface area (Å²) in [7, 11) is -3.75. The van der Waals surface area contributed by atoms with E-state index in [-0.39, 0.29) is 16.7 Å². The second kappa shape index (κ2) is 10.6. The number of para-hydroxylation sites is 1. The number of benzene rings is 2. The van der Waals surface area contributed by atoms with Crippen LogP contribution in [0.25, 0.3) is 0 Å². The van der Waals surface area contributed by atoms with Crippen LogP contribution in [0.3, 0.4) is 0 Å². The number of aryl methyl sites for hydroxylation is 1. The molecule has 2 fully saturated rings. The Hall–Kier alpha value is -2.91. The molecule has 0 bridgehead atoms. The van der Waals surface area contributed by atoms with Crippen LogP contribution < -0.4 is 4.72 Å². The van der Waals surface area contributed by atoms with Gasteiger partial charge in [0, 0.05) is 44.8 Å². The molecule has 2 amide bonds. The third kappa shape index (κ3) is 5.77. The number of hydrogen-bond acceptors (Lipinski definition) is 5. The van der Waals surface area contributed by atoms with Crippen molar-refractivity contribution >= 4 is 27.5 Å². The zero-order valence-electron chi connectivity index (χ0n) is 19.6. The van der Waals surface area contributed by atoms with Crippen molar-refractivity contribution in [2.45, 2.75) is 31.1 Å². The van der Waals surface area contributed by atoms with E-state index in [1.165, 1.54) is 12.1 Å². The van der Waals surface area contributed by atoms with E-state index in [9.17, 15) is 18.0 Å². The Bertz CT molecular complexity index is 1130.